The van der Waals surface area contributed by atoms with Gasteiger partial charge in [0.25, 0.3) is 0 Å². The fourth-order valence-corrected chi connectivity index (χ4v) is 5.96. The van der Waals surface area contributed by atoms with Gasteiger partial charge in [-0.1, -0.05) is 47.6 Å². The van der Waals surface area contributed by atoms with Crippen molar-refractivity contribution in [2.24, 2.45) is 5.41 Å². The van der Waals surface area contributed by atoms with E-state index in [9.17, 15) is 29.9 Å². The van der Waals surface area contributed by atoms with E-state index in [1.54, 1.807) is 24.3 Å². The normalized spacial score (nSPS) is 11.1. The van der Waals surface area contributed by atoms with Gasteiger partial charge in [-0.25, -0.2) is 4.39 Å². The molecule has 0 radical (unpaired) electrons. The molecule has 0 fully saturated rings. The molecule has 0 atom stereocenters. The molecule has 0 aliphatic heterocycles. The molecular formula is C42H59FO12. The van der Waals surface area contributed by atoms with Crippen molar-refractivity contribution in [3.63, 3.8) is 0 Å². The molecule has 0 amide bonds. The van der Waals surface area contributed by atoms with E-state index in [1.807, 2.05) is 19.1 Å². The molecule has 0 aliphatic rings. The van der Waals surface area contributed by atoms with Gasteiger partial charge in [0.1, 0.15) is 28.8 Å². The third-order valence-corrected chi connectivity index (χ3v) is 8.49. The molecule has 12 nitrogen and oxygen atoms in total. The van der Waals surface area contributed by atoms with Gasteiger partial charge in [-0.15, -0.1) is 0 Å². The van der Waals surface area contributed by atoms with Crippen LogP contribution >= 0.6 is 0 Å². The summed E-state index contributed by atoms with van der Waals surface area (Å²) >= 11 is 0. The number of aromatic hydroxyl groups is 4. The first kappa shape index (κ1) is 48.7. The van der Waals surface area contributed by atoms with Crippen LogP contribution in [-0.2, 0) is 64.7 Å². The van der Waals surface area contributed by atoms with Crippen molar-refractivity contribution in [3.8, 4) is 23.0 Å². The maximum absolute atomic E-state index is 12.6. The van der Waals surface area contributed by atoms with Gasteiger partial charge < -0.3 is 61.3 Å². The lowest BCUT2D eigenvalue weighted by atomic mass is 9.71. The first-order valence-electron chi connectivity index (χ1n) is 17.7. The highest BCUT2D eigenvalue weighted by Crippen LogP contribution is 2.39. The lowest BCUT2D eigenvalue weighted by Crippen LogP contribution is -2.25. The summed E-state index contributed by atoms with van der Waals surface area (Å²) in [4.78, 5) is 0. The Bertz CT molecular complexity index is 1710. The van der Waals surface area contributed by atoms with Gasteiger partial charge in [0.15, 0.2) is 0 Å². The van der Waals surface area contributed by atoms with E-state index in [4.69, 9.17) is 35.7 Å². The standard InChI is InChI=1S/C16H26O3.C10H14O3.C8H9FO3.C8H10O3/c1-15(2,3)10-16(4,5)13-6-11(8-17)14(19)12(7-13)9-18;1-2-8-3-7(5-11)4-9(6-12)10(8)13;9-7-1-5(3-10)8(12)6(2-7)4-11;9-4-6-1-2-8(11)7(3-6)5-10/h6-7,17-19H,8-10H2,1-5H3;3-4,11-13H,2,5-6H2,1H3;1-2,10-12H,3-4H2;1-3,9-11H,4-5H2. The van der Waals surface area contributed by atoms with Gasteiger partial charge >= 0.3 is 0 Å². The van der Waals surface area contributed by atoms with Crippen LogP contribution in [0, 0.1) is 11.2 Å². The molecule has 306 valence electrons. The SMILES string of the molecule is CC(C)(C)CC(C)(C)c1cc(CO)c(O)c(CO)c1.CCc1cc(CO)cc(CO)c1O.OCc1cc(F)cc(CO)c1O.OCc1ccc(O)c(CO)c1. The highest BCUT2D eigenvalue weighted by Gasteiger charge is 2.28. The van der Waals surface area contributed by atoms with Crippen LogP contribution in [0.5, 0.6) is 23.0 Å². The summed E-state index contributed by atoms with van der Waals surface area (Å²) < 4.78 is 12.6. The van der Waals surface area contributed by atoms with Crippen LogP contribution in [-0.4, -0.2) is 61.3 Å². The number of rotatable bonds is 11. The number of phenols is 4. The highest BCUT2D eigenvalue weighted by atomic mass is 19.1. The fourth-order valence-electron chi connectivity index (χ4n) is 5.96. The topological polar surface area (TPSA) is 243 Å². The Morgan fingerprint density at radius 1 is 0.455 bits per heavy atom. The molecular weight excluding hydrogens is 715 g/mol. The lowest BCUT2D eigenvalue weighted by Gasteiger charge is -2.33. The Morgan fingerprint density at radius 2 is 0.818 bits per heavy atom. The monoisotopic (exact) mass is 774 g/mol. The molecule has 0 aliphatic carbocycles. The van der Waals surface area contributed by atoms with Crippen molar-refractivity contribution in [1.29, 1.82) is 0 Å². The van der Waals surface area contributed by atoms with Crippen LogP contribution in [0.1, 0.15) is 104 Å². The zero-order valence-electron chi connectivity index (χ0n) is 32.5. The second kappa shape index (κ2) is 22.9. The predicted octanol–water partition coefficient (Wildman–Crippen LogP) is 4.92. The van der Waals surface area contributed by atoms with Gasteiger partial charge in [-0.2, -0.15) is 0 Å². The van der Waals surface area contributed by atoms with Crippen LogP contribution in [0.25, 0.3) is 0 Å². The van der Waals surface area contributed by atoms with E-state index in [2.05, 4.69) is 34.6 Å². The number of aliphatic hydroxyl groups is 8. The third kappa shape index (κ3) is 15.0. The fraction of sp³-hybridized carbons (Fsp3) is 0.429. The predicted molar refractivity (Wildman–Crippen MR) is 206 cm³/mol. The third-order valence-electron chi connectivity index (χ3n) is 8.49. The Labute approximate surface area is 322 Å². The molecule has 0 bridgehead atoms. The molecule has 55 heavy (non-hydrogen) atoms. The number of hydrogen-bond donors (Lipinski definition) is 12. The van der Waals surface area contributed by atoms with E-state index in [0.717, 1.165) is 35.2 Å². The Kier molecular flexibility index (Phi) is 20.3. The summed E-state index contributed by atoms with van der Waals surface area (Å²) in [6.45, 7) is 10.9. The van der Waals surface area contributed by atoms with Crippen LogP contribution < -0.4 is 0 Å². The van der Waals surface area contributed by atoms with Gasteiger partial charge in [-0.05, 0) is 94.5 Å². The summed E-state index contributed by atoms with van der Waals surface area (Å²) in [6, 6.07) is 13.7. The smallest absolute Gasteiger partial charge is 0.126 e. The van der Waals surface area contributed by atoms with E-state index < -0.39 is 19.0 Å². The summed E-state index contributed by atoms with van der Waals surface area (Å²) in [5.74, 6) is -0.630. The van der Waals surface area contributed by atoms with Crippen molar-refractivity contribution in [2.45, 2.75) is 113 Å². The van der Waals surface area contributed by atoms with Crippen molar-refractivity contribution < 1.29 is 65.7 Å². The zero-order chi connectivity index (χ0) is 42.1. The second-order valence-electron chi connectivity index (χ2n) is 14.7. The van der Waals surface area contributed by atoms with E-state index in [-0.39, 0.29) is 84.6 Å². The number of aryl methyl sites for hydroxylation is 1. The lowest BCUT2D eigenvalue weighted by molar-refractivity contribution is 0.260. The summed E-state index contributed by atoms with van der Waals surface area (Å²) in [6.07, 6.45) is 1.66. The Balaban J connectivity index is 0.000000376. The van der Waals surface area contributed by atoms with Gasteiger partial charge in [0, 0.05) is 33.4 Å². The molecule has 0 spiro atoms. The minimum atomic E-state index is -0.582. The van der Waals surface area contributed by atoms with Gasteiger partial charge in [0.05, 0.1) is 52.9 Å². The first-order chi connectivity index (χ1) is 25.8. The van der Waals surface area contributed by atoms with E-state index >= 15 is 0 Å². The van der Waals surface area contributed by atoms with Crippen molar-refractivity contribution in [1.82, 2.24) is 0 Å². The maximum atomic E-state index is 12.6. The highest BCUT2D eigenvalue weighted by molar-refractivity contribution is 5.46. The van der Waals surface area contributed by atoms with Crippen molar-refractivity contribution in [3.05, 3.63) is 116 Å². The minimum absolute atomic E-state index is 0.000286. The summed E-state index contributed by atoms with van der Waals surface area (Å²) in [5, 5.41) is 109. The second-order valence-corrected chi connectivity index (χ2v) is 14.7. The average molecular weight is 775 g/mol. The number of halogens is 1. The Morgan fingerprint density at radius 3 is 1.20 bits per heavy atom. The van der Waals surface area contributed by atoms with Crippen molar-refractivity contribution in [2.75, 3.05) is 0 Å². The maximum Gasteiger partial charge on any atom is 0.126 e. The molecule has 13 heteroatoms. The van der Waals surface area contributed by atoms with E-state index in [0.29, 0.717) is 34.2 Å². The molecule has 4 aromatic carbocycles. The zero-order valence-corrected chi connectivity index (χ0v) is 32.5. The molecule has 0 saturated carbocycles. The number of hydrogen-bond acceptors (Lipinski definition) is 12. The number of aliphatic hydroxyl groups excluding tert-OH is 8. The van der Waals surface area contributed by atoms with Gasteiger partial charge in [0.2, 0.25) is 0 Å². The molecule has 0 saturated heterocycles. The molecule has 0 aromatic heterocycles. The molecule has 0 unspecified atom stereocenters. The summed E-state index contributed by atoms with van der Waals surface area (Å²) in [7, 11) is 0. The van der Waals surface area contributed by atoms with Crippen LogP contribution in [0.3, 0.4) is 0 Å². The quantitative estimate of drug-likeness (QED) is 0.0972. The molecule has 4 aromatic rings. The van der Waals surface area contributed by atoms with Crippen LogP contribution in [0.4, 0.5) is 4.39 Å². The average Bonchev–Trinajstić information content (AvgIpc) is 3.15. The van der Waals surface area contributed by atoms with Gasteiger partial charge in [-0.3, -0.25) is 0 Å². The van der Waals surface area contributed by atoms with Crippen LogP contribution in [0.2, 0.25) is 0 Å². The number of benzene rings is 4. The molecule has 0 heterocycles. The minimum Gasteiger partial charge on any atom is -0.508 e. The molecule has 12 N–H and O–H groups in total. The van der Waals surface area contributed by atoms with Crippen molar-refractivity contribution >= 4 is 0 Å². The first-order valence-corrected chi connectivity index (χ1v) is 17.7. The van der Waals surface area contributed by atoms with E-state index in [1.165, 1.54) is 6.07 Å². The largest absolute Gasteiger partial charge is 0.508 e. The summed E-state index contributed by atoms with van der Waals surface area (Å²) in [5.41, 5.74) is 5.33. The molecule has 4 rings (SSSR count). The Hall–Kier alpha value is -4.31. The van der Waals surface area contributed by atoms with Crippen LogP contribution in [0.15, 0.2) is 54.6 Å².